The number of aryl methyl sites for hydroxylation is 1. The summed E-state index contributed by atoms with van der Waals surface area (Å²) in [6.07, 6.45) is 1.26. The van der Waals surface area contributed by atoms with Gasteiger partial charge in [0.15, 0.2) is 5.79 Å². The highest BCUT2D eigenvalue weighted by Gasteiger charge is 2.42. The van der Waals surface area contributed by atoms with Crippen molar-refractivity contribution < 1.29 is 19.0 Å². The van der Waals surface area contributed by atoms with Crippen molar-refractivity contribution in [3.8, 4) is 6.07 Å². The van der Waals surface area contributed by atoms with E-state index in [1.54, 1.807) is 19.1 Å². The van der Waals surface area contributed by atoms with Crippen LogP contribution in [-0.2, 0) is 14.2 Å². The van der Waals surface area contributed by atoms with E-state index in [1.165, 1.54) is 0 Å². The van der Waals surface area contributed by atoms with Gasteiger partial charge in [-0.1, -0.05) is 0 Å². The van der Waals surface area contributed by atoms with Crippen molar-refractivity contribution in [1.29, 1.82) is 5.26 Å². The average Bonchev–Trinajstić information content (AvgIpc) is 2.95. The van der Waals surface area contributed by atoms with Crippen molar-refractivity contribution in [3.05, 3.63) is 29.1 Å². The maximum atomic E-state index is 12.1. The second-order valence-corrected chi connectivity index (χ2v) is 5.73. The molecule has 3 rings (SSSR count). The Morgan fingerprint density at radius 2 is 2.26 bits per heavy atom. The number of carbonyl (C=O) groups is 1. The van der Waals surface area contributed by atoms with Crippen LogP contribution in [0.1, 0.15) is 34.6 Å². The summed E-state index contributed by atoms with van der Waals surface area (Å²) in [5.74, 6) is -0.828. The molecule has 1 amide bonds. The molecular formula is C16H19N3O4. The normalized spacial score (nSPS) is 22.7. The van der Waals surface area contributed by atoms with Gasteiger partial charge in [0.25, 0.3) is 5.91 Å². The maximum Gasteiger partial charge on any atom is 0.269 e. The minimum Gasteiger partial charge on any atom is -0.381 e. The molecule has 2 aliphatic rings. The van der Waals surface area contributed by atoms with Gasteiger partial charge in [0, 0.05) is 19.4 Å². The number of hydrogen-bond donors (Lipinski definition) is 1. The van der Waals surface area contributed by atoms with Gasteiger partial charge in [0.2, 0.25) is 0 Å². The third-order valence-corrected chi connectivity index (χ3v) is 4.10. The second-order valence-electron chi connectivity index (χ2n) is 5.73. The van der Waals surface area contributed by atoms with Crippen LogP contribution in [-0.4, -0.2) is 49.1 Å². The summed E-state index contributed by atoms with van der Waals surface area (Å²) in [4.78, 5) is 16.3. The molecule has 0 aliphatic carbocycles. The van der Waals surface area contributed by atoms with Crippen LogP contribution in [0, 0.1) is 18.3 Å². The van der Waals surface area contributed by atoms with E-state index in [9.17, 15) is 4.79 Å². The first kappa shape index (κ1) is 15.9. The summed E-state index contributed by atoms with van der Waals surface area (Å²) in [6, 6.07) is 5.18. The molecule has 23 heavy (non-hydrogen) atoms. The van der Waals surface area contributed by atoms with Gasteiger partial charge >= 0.3 is 0 Å². The predicted octanol–water partition coefficient (Wildman–Crippen LogP) is 0.914. The summed E-state index contributed by atoms with van der Waals surface area (Å²) < 4.78 is 17.0. The molecule has 3 heterocycles. The Bertz CT molecular complexity index is 635. The molecule has 0 bridgehead atoms. The lowest BCUT2D eigenvalue weighted by atomic mass is 10.1. The Morgan fingerprint density at radius 3 is 2.96 bits per heavy atom. The van der Waals surface area contributed by atoms with Gasteiger partial charge in [-0.05, 0) is 19.1 Å². The summed E-state index contributed by atoms with van der Waals surface area (Å²) in [6.45, 7) is 3.79. The first-order valence-corrected chi connectivity index (χ1v) is 7.67. The van der Waals surface area contributed by atoms with Crippen LogP contribution in [0.2, 0.25) is 0 Å². The highest BCUT2D eigenvalue weighted by atomic mass is 16.7. The zero-order chi connectivity index (χ0) is 16.3. The lowest BCUT2D eigenvalue weighted by Crippen LogP contribution is -2.39. The summed E-state index contributed by atoms with van der Waals surface area (Å²) >= 11 is 0. The number of ether oxygens (including phenoxy) is 3. The van der Waals surface area contributed by atoms with Crippen molar-refractivity contribution in [2.24, 2.45) is 0 Å². The van der Waals surface area contributed by atoms with Crippen molar-refractivity contribution in [2.45, 2.75) is 31.7 Å². The van der Waals surface area contributed by atoms with E-state index < -0.39 is 5.79 Å². The standard InChI is InChI=1S/C16H19N3O4/c1-11-12(8-17)2-3-14(19-11)15(20)18-9-13-10-22-16(23-13)4-6-21-7-5-16/h2-3,13H,4-7,9-10H2,1H3,(H,18,20)/t13-/m0/s1. The van der Waals surface area contributed by atoms with Crippen LogP contribution in [0.4, 0.5) is 0 Å². The fourth-order valence-corrected chi connectivity index (χ4v) is 2.76. The van der Waals surface area contributed by atoms with Crippen LogP contribution in [0.25, 0.3) is 0 Å². The molecule has 2 aliphatic heterocycles. The van der Waals surface area contributed by atoms with Gasteiger partial charge in [0.05, 0.1) is 31.1 Å². The van der Waals surface area contributed by atoms with E-state index in [0.29, 0.717) is 56.2 Å². The third kappa shape index (κ3) is 3.50. The fraction of sp³-hybridized carbons (Fsp3) is 0.562. The topological polar surface area (TPSA) is 93.5 Å². The third-order valence-electron chi connectivity index (χ3n) is 4.10. The molecule has 1 aromatic heterocycles. The smallest absolute Gasteiger partial charge is 0.269 e. The molecule has 2 fully saturated rings. The van der Waals surface area contributed by atoms with Gasteiger partial charge in [-0.3, -0.25) is 4.79 Å². The van der Waals surface area contributed by atoms with Gasteiger partial charge in [-0.25, -0.2) is 4.98 Å². The largest absolute Gasteiger partial charge is 0.381 e. The van der Waals surface area contributed by atoms with E-state index in [4.69, 9.17) is 19.5 Å². The monoisotopic (exact) mass is 317 g/mol. The minimum atomic E-state index is -0.545. The summed E-state index contributed by atoms with van der Waals surface area (Å²) in [5, 5.41) is 11.7. The van der Waals surface area contributed by atoms with Crippen molar-refractivity contribution in [3.63, 3.8) is 0 Å². The molecule has 2 saturated heterocycles. The number of amides is 1. The zero-order valence-corrected chi connectivity index (χ0v) is 13.0. The molecule has 7 heteroatoms. The Hall–Kier alpha value is -2.01. The first-order chi connectivity index (χ1) is 11.1. The van der Waals surface area contributed by atoms with Gasteiger partial charge in [-0.15, -0.1) is 0 Å². The molecule has 0 radical (unpaired) electrons. The predicted molar refractivity (Wildman–Crippen MR) is 79.6 cm³/mol. The molecule has 122 valence electrons. The molecule has 1 N–H and O–H groups in total. The van der Waals surface area contributed by atoms with Crippen molar-refractivity contribution in [2.75, 3.05) is 26.4 Å². The number of rotatable bonds is 3. The van der Waals surface area contributed by atoms with Crippen LogP contribution in [0.3, 0.4) is 0 Å². The lowest BCUT2D eigenvalue weighted by molar-refractivity contribution is -0.210. The van der Waals surface area contributed by atoms with Gasteiger partial charge in [-0.2, -0.15) is 5.26 Å². The van der Waals surface area contributed by atoms with E-state index in [-0.39, 0.29) is 12.0 Å². The molecule has 1 spiro atoms. The molecule has 1 atom stereocenters. The molecule has 7 nitrogen and oxygen atoms in total. The van der Waals surface area contributed by atoms with Crippen molar-refractivity contribution >= 4 is 5.91 Å². The van der Waals surface area contributed by atoms with Crippen LogP contribution in [0.5, 0.6) is 0 Å². The number of nitriles is 1. The molecule has 0 unspecified atom stereocenters. The first-order valence-electron chi connectivity index (χ1n) is 7.67. The lowest BCUT2D eigenvalue weighted by Gasteiger charge is -2.31. The second kappa shape index (κ2) is 6.62. The maximum absolute atomic E-state index is 12.1. The Morgan fingerprint density at radius 1 is 1.48 bits per heavy atom. The number of carbonyl (C=O) groups excluding carboxylic acids is 1. The van der Waals surface area contributed by atoms with E-state index in [2.05, 4.69) is 10.3 Å². The SMILES string of the molecule is Cc1nc(C(=O)NC[C@H]2COC3(CCOCC3)O2)ccc1C#N. The fourth-order valence-electron chi connectivity index (χ4n) is 2.76. The quantitative estimate of drug-likeness (QED) is 0.891. The summed E-state index contributed by atoms with van der Waals surface area (Å²) in [7, 11) is 0. The van der Waals surface area contributed by atoms with Crippen LogP contribution < -0.4 is 5.32 Å². The van der Waals surface area contributed by atoms with E-state index >= 15 is 0 Å². The number of aromatic nitrogens is 1. The molecule has 0 aromatic carbocycles. The minimum absolute atomic E-state index is 0.170. The van der Waals surface area contributed by atoms with Crippen LogP contribution >= 0.6 is 0 Å². The number of hydrogen-bond acceptors (Lipinski definition) is 6. The molecule has 1 aromatic rings. The highest BCUT2D eigenvalue weighted by molar-refractivity contribution is 5.92. The van der Waals surface area contributed by atoms with E-state index in [0.717, 1.165) is 0 Å². The van der Waals surface area contributed by atoms with Gasteiger partial charge < -0.3 is 19.5 Å². The Kier molecular flexibility index (Phi) is 4.57. The molecule has 0 saturated carbocycles. The van der Waals surface area contributed by atoms with Crippen LogP contribution in [0.15, 0.2) is 12.1 Å². The Balaban J connectivity index is 1.53. The number of nitrogens with one attached hydrogen (secondary N) is 1. The highest BCUT2D eigenvalue weighted by Crippen LogP contribution is 2.32. The van der Waals surface area contributed by atoms with E-state index in [1.807, 2.05) is 6.07 Å². The molecular weight excluding hydrogens is 298 g/mol. The van der Waals surface area contributed by atoms with Gasteiger partial charge in [0.1, 0.15) is 17.9 Å². The summed E-state index contributed by atoms with van der Waals surface area (Å²) in [5.41, 5.74) is 1.30. The average molecular weight is 317 g/mol. The Labute approximate surface area is 134 Å². The number of pyridine rings is 1. The van der Waals surface area contributed by atoms with Crippen molar-refractivity contribution in [1.82, 2.24) is 10.3 Å². The zero-order valence-electron chi connectivity index (χ0n) is 13.0. The number of nitrogens with zero attached hydrogens (tertiary/aromatic N) is 2.